The third-order valence-electron chi connectivity index (χ3n) is 7.13. The number of esters is 1. The number of unbranched alkanes of at least 4 members (excludes halogenated alkanes) is 1. The predicted molar refractivity (Wildman–Crippen MR) is 161 cm³/mol. The molecule has 0 saturated heterocycles. The van der Waals surface area contributed by atoms with Crippen LogP contribution < -0.4 is 29.4 Å². The highest BCUT2D eigenvalue weighted by atomic mass is 19.1. The number of allylic oxidation sites excluding steroid dienone is 1. The van der Waals surface area contributed by atoms with E-state index in [-0.39, 0.29) is 29.6 Å². The van der Waals surface area contributed by atoms with E-state index >= 15 is 0 Å². The van der Waals surface area contributed by atoms with Gasteiger partial charge >= 0.3 is 5.97 Å². The van der Waals surface area contributed by atoms with Crippen molar-refractivity contribution >= 4 is 5.97 Å². The minimum absolute atomic E-state index is 0.00954. The topological polar surface area (TPSA) is 113 Å². The molecular formula is C35H31FN2O6. The number of hydrogen-bond acceptors (Lipinski definition) is 8. The quantitative estimate of drug-likeness (QED) is 0.112. The minimum Gasteiger partial charge on any atom is -0.493 e. The van der Waals surface area contributed by atoms with Gasteiger partial charge in [0, 0.05) is 17.2 Å². The van der Waals surface area contributed by atoms with Gasteiger partial charge in [-0.1, -0.05) is 55.8 Å². The summed E-state index contributed by atoms with van der Waals surface area (Å²) in [4.78, 5) is 13.1. The van der Waals surface area contributed by atoms with Gasteiger partial charge in [-0.2, -0.15) is 5.26 Å². The molecule has 4 aromatic rings. The van der Waals surface area contributed by atoms with Crippen molar-refractivity contribution in [1.29, 1.82) is 5.26 Å². The van der Waals surface area contributed by atoms with E-state index in [4.69, 9.17) is 29.4 Å². The maximum absolute atomic E-state index is 14.1. The molecule has 0 spiro atoms. The highest BCUT2D eigenvalue weighted by Crippen LogP contribution is 2.45. The Labute approximate surface area is 255 Å². The zero-order valence-corrected chi connectivity index (χ0v) is 24.3. The predicted octanol–water partition coefficient (Wildman–Crippen LogP) is 7.03. The summed E-state index contributed by atoms with van der Waals surface area (Å²) >= 11 is 0. The smallest absolute Gasteiger partial charge is 0.347 e. The van der Waals surface area contributed by atoms with Crippen molar-refractivity contribution in [2.45, 2.75) is 32.3 Å². The van der Waals surface area contributed by atoms with E-state index < -0.39 is 11.9 Å². The monoisotopic (exact) mass is 594 g/mol. The van der Waals surface area contributed by atoms with Crippen molar-refractivity contribution in [3.05, 3.63) is 124 Å². The van der Waals surface area contributed by atoms with E-state index in [9.17, 15) is 14.4 Å². The fourth-order valence-corrected chi connectivity index (χ4v) is 4.85. The lowest BCUT2D eigenvalue weighted by Crippen LogP contribution is -2.21. The summed E-state index contributed by atoms with van der Waals surface area (Å²) in [6.45, 7) is 2.56. The van der Waals surface area contributed by atoms with Gasteiger partial charge in [-0.3, -0.25) is 0 Å². The number of ether oxygens (including phenoxy) is 5. The lowest BCUT2D eigenvalue weighted by Gasteiger charge is -2.27. The zero-order chi connectivity index (χ0) is 31.1. The van der Waals surface area contributed by atoms with E-state index in [0.29, 0.717) is 51.9 Å². The van der Waals surface area contributed by atoms with Gasteiger partial charge in [0.05, 0.1) is 19.6 Å². The number of halogens is 1. The van der Waals surface area contributed by atoms with Gasteiger partial charge in [0.25, 0.3) is 0 Å². The molecule has 8 nitrogen and oxygen atoms in total. The Hall–Kier alpha value is -5.49. The Bertz CT molecular complexity index is 1750. The van der Waals surface area contributed by atoms with Crippen LogP contribution in [0, 0.1) is 17.1 Å². The largest absolute Gasteiger partial charge is 0.493 e. The first-order chi connectivity index (χ1) is 21.4. The third-order valence-corrected chi connectivity index (χ3v) is 7.13. The van der Waals surface area contributed by atoms with Crippen molar-refractivity contribution in [3.63, 3.8) is 0 Å². The highest BCUT2D eigenvalue weighted by Gasteiger charge is 2.32. The SMILES string of the molecule is CCCCOc1ccccc1C(=O)Oc1ccc2c(c1)OC(N)=C(C#N)C2c1ccc(OCc2ccccc2F)c(OC)c1. The number of para-hydroxylation sites is 1. The standard InChI is InChI=1S/C35H31FN2O6/c1-3-4-17-41-29-12-8-6-10-26(29)35(39)43-24-14-15-25-31(19-24)44-34(38)27(20-37)33(25)22-13-16-30(32(18-22)40-2)42-21-23-9-5-7-11-28(23)36/h5-16,18-19,33H,3-4,17,21,38H2,1-2H3. The molecule has 0 fully saturated rings. The van der Waals surface area contributed by atoms with Crippen LogP contribution in [0.4, 0.5) is 4.39 Å². The van der Waals surface area contributed by atoms with Crippen LogP contribution in [-0.2, 0) is 6.61 Å². The van der Waals surface area contributed by atoms with Crippen molar-refractivity contribution in [1.82, 2.24) is 0 Å². The molecule has 1 atom stereocenters. The molecule has 0 bridgehead atoms. The number of rotatable bonds is 11. The molecule has 224 valence electrons. The van der Waals surface area contributed by atoms with E-state index in [0.717, 1.165) is 12.8 Å². The molecule has 1 aliphatic heterocycles. The Balaban J connectivity index is 1.41. The fourth-order valence-electron chi connectivity index (χ4n) is 4.85. The summed E-state index contributed by atoms with van der Waals surface area (Å²) in [7, 11) is 1.50. The van der Waals surface area contributed by atoms with Gasteiger partial charge in [-0.15, -0.1) is 0 Å². The summed E-state index contributed by atoms with van der Waals surface area (Å²) in [5.74, 6) is 0.203. The van der Waals surface area contributed by atoms with Gasteiger partial charge in [0.2, 0.25) is 5.88 Å². The van der Waals surface area contributed by atoms with Crippen molar-refractivity contribution < 1.29 is 32.9 Å². The van der Waals surface area contributed by atoms with Gasteiger partial charge in [-0.05, 0) is 48.4 Å². The molecule has 1 aliphatic rings. The van der Waals surface area contributed by atoms with Crippen LogP contribution in [0.5, 0.6) is 28.7 Å². The van der Waals surface area contributed by atoms with Crippen LogP contribution in [0.25, 0.3) is 0 Å². The van der Waals surface area contributed by atoms with E-state index in [1.54, 1.807) is 78.9 Å². The minimum atomic E-state index is -0.601. The van der Waals surface area contributed by atoms with Gasteiger partial charge in [0.1, 0.15) is 46.9 Å². The Kier molecular flexibility index (Phi) is 9.31. The summed E-state index contributed by atoms with van der Waals surface area (Å²) in [6.07, 6.45) is 1.83. The van der Waals surface area contributed by atoms with Gasteiger partial charge in [-0.25, -0.2) is 9.18 Å². The van der Waals surface area contributed by atoms with E-state index in [1.165, 1.54) is 13.2 Å². The summed E-state index contributed by atoms with van der Waals surface area (Å²) in [5.41, 5.74) is 8.44. The lowest BCUT2D eigenvalue weighted by atomic mass is 9.83. The summed E-state index contributed by atoms with van der Waals surface area (Å²) < 4.78 is 42.8. The molecule has 9 heteroatoms. The van der Waals surface area contributed by atoms with Crippen LogP contribution in [0.15, 0.2) is 96.4 Å². The van der Waals surface area contributed by atoms with Crippen molar-refractivity contribution in [2.75, 3.05) is 13.7 Å². The number of fused-ring (bicyclic) bond motifs is 1. The zero-order valence-electron chi connectivity index (χ0n) is 24.3. The number of carbonyl (C=O) groups is 1. The maximum Gasteiger partial charge on any atom is 0.347 e. The molecule has 0 radical (unpaired) electrons. The van der Waals surface area contributed by atoms with Crippen LogP contribution in [-0.4, -0.2) is 19.7 Å². The van der Waals surface area contributed by atoms with Crippen LogP contribution in [0.2, 0.25) is 0 Å². The third kappa shape index (κ3) is 6.45. The number of benzene rings is 4. The number of methoxy groups -OCH3 is 1. The molecule has 1 heterocycles. The van der Waals surface area contributed by atoms with Gasteiger partial charge in [0.15, 0.2) is 11.5 Å². The van der Waals surface area contributed by atoms with Gasteiger partial charge < -0.3 is 29.4 Å². The number of nitrogens with zero attached hydrogens (tertiary/aromatic N) is 1. The van der Waals surface area contributed by atoms with E-state index in [1.807, 2.05) is 0 Å². The van der Waals surface area contributed by atoms with Crippen LogP contribution in [0.1, 0.15) is 52.7 Å². The first-order valence-corrected chi connectivity index (χ1v) is 14.1. The van der Waals surface area contributed by atoms with Crippen molar-refractivity contribution in [2.24, 2.45) is 5.73 Å². The lowest BCUT2D eigenvalue weighted by molar-refractivity contribution is 0.0730. The molecule has 0 amide bonds. The number of carbonyl (C=O) groups excluding carboxylic acids is 1. The molecule has 0 aliphatic carbocycles. The summed E-state index contributed by atoms with van der Waals surface area (Å²) in [5, 5.41) is 10.00. The van der Waals surface area contributed by atoms with Crippen molar-refractivity contribution in [3.8, 4) is 34.8 Å². The number of nitriles is 1. The first-order valence-electron chi connectivity index (χ1n) is 14.1. The molecule has 0 aromatic heterocycles. The number of nitrogens with two attached hydrogens (primary N) is 1. The Morgan fingerprint density at radius 3 is 2.55 bits per heavy atom. The molecule has 44 heavy (non-hydrogen) atoms. The molecule has 4 aromatic carbocycles. The van der Waals surface area contributed by atoms with Crippen LogP contribution >= 0.6 is 0 Å². The maximum atomic E-state index is 14.1. The molecule has 5 rings (SSSR count). The average molecular weight is 595 g/mol. The first kappa shape index (κ1) is 30.0. The fraction of sp³-hybridized carbons (Fsp3) is 0.200. The Morgan fingerprint density at radius 2 is 1.77 bits per heavy atom. The molecular weight excluding hydrogens is 563 g/mol. The average Bonchev–Trinajstić information content (AvgIpc) is 3.04. The second-order valence-electron chi connectivity index (χ2n) is 10.0. The highest BCUT2D eigenvalue weighted by molar-refractivity contribution is 5.94. The summed E-state index contributed by atoms with van der Waals surface area (Å²) in [6, 6.07) is 25.6. The molecule has 1 unspecified atom stereocenters. The second-order valence-corrected chi connectivity index (χ2v) is 10.0. The van der Waals surface area contributed by atoms with E-state index in [2.05, 4.69) is 13.0 Å². The van der Waals surface area contributed by atoms with Crippen LogP contribution in [0.3, 0.4) is 0 Å². The second kappa shape index (κ2) is 13.7. The molecule has 2 N–H and O–H groups in total. The number of hydrogen-bond donors (Lipinski definition) is 1. The normalized spacial score (nSPS) is 13.7. The molecule has 0 saturated carbocycles. The Morgan fingerprint density at radius 1 is 0.977 bits per heavy atom.